The van der Waals surface area contributed by atoms with Crippen molar-refractivity contribution in [3.05, 3.63) is 62.0 Å². The van der Waals surface area contributed by atoms with E-state index in [1.807, 2.05) is 32.0 Å². The zero-order valence-corrected chi connectivity index (χ0v) is 22.6. The number of nitrogens with zero attached hydrogens (tertiary/aromatic N) is 1. The van der Waals surface area contributed by atoms with Crippen molar-refractivity contribution in [2.24, 2.45) is 0 Å². The first kappa shape index (κ1) is 27.5. The molecule has 5 nitrogen and oxygen atoms in total. The molecule has 2 rings (SSSR count). The smallest absolute Gasteiger partial charge is 0.261 e. The Labute approximate surface area is 214 Å². The van der Waals surface area contributed by atoms with E-state index in [1.165, 1.54) is 4.90 Å². The van der Waals surface area contributed by atoms with E-state index < -0.39 is 6.04 Å². The van der Waals surface area contributed by atoms with E-state index in [4.69, 9.17) is 27.9 Å². The van der Waals surface area contributed by atoms with E-state index in [9.17, 15) is 9.59 Å². The molecule has 2 aromatic carbocycles. The number of carbonyl (C=O) groups is 2. The van der Waals surface area contributed by atoms with Gasteiger partial charge in [0.2, 0.25) is 5.91 Å². The van der Waals surface area contributed by atoms with Gasteiger partial charge in [0.15, 0.2) is 6.61 Å². The van der Waals surface area contributed by atoms with Gasteiger partial charge in [-0.15, -0.1) is 0 Å². The summed E-state index contributed by atoms with van der Waals surface area (Å²) in [4.78, 5) is 27.7. The molecule has 8 heteroatoms. The van der Waals surface area contributed by atoms with Crippen molar-refractivity contribution in [2.75, 3.05) is 13.2 Å². The summed E-state index contributed by atoms with van der Waals surface area (Å²) in [7, 11) is 0. The number of hydrogen-bond acceptors (Lipinski definition) is 3. The molecule has 0 bridgehead atoms. The number of benzene rings is 2. The van der Waals surface area contributed by atoms with Crippen LogP contribution in [-0.2, 0) is 16.1 Å². The van der Waals surface area contributed by atoms with Gasteiger partial charge in [0.05, 0.1) is 4.47 Å². The molecule has 0 saturated carbocycles. The molecule has 0 heterocycles. The van der Waals surface area contributed by atoms with E-state index in [-0.39, 0.29) is 25.0 Å². The standard InChI is InChI=1S/C25H31BrCl2N2O3/c1-5-12-29-25(32)22(6-2)30(14-18-20(27)8-7-9-21(18)28)24(31)15-33-23-11-10-17(16(3)4)13-19(23)26/h7-11,13,16,22H,5-6,12,14-15H2,1-4H3,(H,29,32)/t22-/m1/s1. The van der Waals surface area contributed by atoms with Crippen molar-refractivity contribution in [2.45, 2.75) is 59.0 Å². The van der Waals surface area contributed by atoms with Gasteiger partial charge < -0.3 is 15.0 Å². The number of carbonyl (C=O) groups excluding carboxylic acids is 2. The van der Waals surface area contributed by atoms with E-state index in [1.54, 1.807) is 18.2 Å². The Bertz CT molecular complexity index is 948. The molecule has 0 aliphatic heterocycles. The van der Waals surface area contributed by atoms with Crippen LogP contribution in [0, 0.1) is 0 Å². The summed E-state index contributed by atoms with van der Waals surface area (Å²) in [5.41, 5.74) is 1.76. The number of rotatable bonds is 11. The van der Waals surface area contributed by atoms with E-state index in [0.29, 0.717) is 40.2 Å². The van der Waals surface area contributed by atoms with Crippen molar-refractivity contribution in [3.8, 4) is 5.75 Å². The molecule has 0 aliphatic rings. The highest BCUT2D eigenvalue weighted by Gasteiger charge is 2.30. The third-order valence-electron chi connectivity index (χ3n) is 5.30. The van der Waals surface area contributed by atoms with Crippen molar-refractivity contribution in [1.82, 2.24) is 10.2 Å². The van der Waals surface area contributed by atoms with Gasteiger partial charge in [-0.05, 0) is 64.5 Å². The van der Waals surface area contributed by atoms with Crippen LogP contribution in [0.1, 0.15) is 57.6 Å². The summed E-state index contributed by atoms with van der Waals surface area (Å²) in [5.74, 6) is 0.398. The first-order valence-corrected chi connectivity index (χ1v) is 12.7. The van der Waals surface area contributed by atoms with Crippen LogP contribution in [-0.4, -0.2) is 35.9 Å². The normalized spacial score (nSPS) is 11.9. The van der Waals surface area contributed by atoms with Crippen molar-refractivity contribution in [3.63, 3.8) is 0 Å². The minimum absolute atomic E-state index is 0.103. The Morgan fingerprint density at radius 1 is 1.12 bits per heavy atom. The van der Waals surface area contributed by atoms with Crippen molar-refractivity contribution < 1.29 is 14.3 Å². The minimum Gasteiger partial charge on any atom is -0.483 e. The van der Waals surface area contributed by atoms with Crippen LogP contribution in [0.4, 0.5) is 0 Å². The number of nitrogens with one attached hydrogen (secondary N) is 1. The first-order valence-electron chi connectivity index (χ1n) is 11.1. The summed E-state index contributed by atoms with van der Waals surface area (Å²) in [6.45, 7) is 8.48. The van der Waals surface area contributed by atoms with Gasteiger partial charge in [-0.2, -0.15) is 0 Å². The Morgan fingerprint density at radius 2 is 1.79 bits per heavy atom. The third kappa shape index (κ3) is 7.62. The lowest BCUT2D eigenvalue weighted by Crippen LogP contribution is -2.50. The van der Waals surface area contributed by atoms with Gasteiger partial charge in [0.1, 0.15) is 11.8 Å². The van der Waals surface area contributed by atoms with Gasteiger partial charge in [-0.1, -0.05) is 63.0 Å². The molecular weight excluding hydrogens is 527 g/mol. The summed E-state index contributed by atoms with van der Waals surface area (Å²) >= 11 is 16.2. The number of amides is 2. The molecule has 1 atom stereocenters. The molecule has 0 unspecified atom stereocenters. The molecule has 2 amide bonds. The lowest BCUT2D eigenvalue weighted by Gasteiger charge is -2.31. The minimum atomic E-state index is -0.674. The molecule has 0 radical (unpaired) electrons. The molecule has 0 spiro atoms. The predicted octanol–water partition coefficient (Wildman–Crippen LogP) is 6.59. The van der Waals surface area contributed by atoms with Crippen LogP contribution in [0.15, 0.2) is 40.9 Å². The number of ether oxygens (including phenoxy) is 1. The van der Waals surface area contributed by atoms with Gasteiger partial charge in [0.25, 0.3) is 5.91 Å². The first-order chi connectivity index (χ1) is 15.7. The summed E-state index contributed by atoms with van der Waals surface area (Å²) < 4.78 is 6.61. The fourth-order valence-corrected chi connectivity index (χ4v) is 4.38. The maximum atomic E-state index is 13.3. The fourth-order valence-electron chi connectivity index (χ4n) is 3.35. The summed E-state index contributed by atoms with van der Waals surface area (Å²) in [5, 5.41) is 3.77. The molecule has 0 saturated heterocycles. The van der Waals surface area contributed by atoms with Crippen molar-refractivity contribution in [1.29, 1.82) is 0 Å². The molecule has 0 fully saturated rings. The van der Waals surface area contributed by atoms with Gasteiger partial charge in [-0.25, -0.2) is 0 Å². The number of hydrogen-bond donors (Lipinski definition) is 1. The molecule has 1 N–H and O–H groups in total. The summed E-state index contributed by atoms with van der Waals surface area (Å²) in [6.07, 6.45) is 1.24. The Morgan fingerprint density at radius 3 is 2.33 bits per heavy atom. The van der Waals surface area contributed by atoms with Crippen LogP contribution in [0.5, 0.6) is 5.75 Å². The average Bonchev–Trinajstić information content (AvgIpc) is 2.78. The van der Waals surface area contributed by atoms with Crippen molar-refractivity contribution >= 4 is 50.9 Å². The molecule has 0 aliphatic carbocycles. The van der Waals surface area contributed by atoms with Crippen LogP contribution in [0.25, 0.3) is 0 Å². The Balaban J connectivity index is 2.27. The van der Waals surface area contributed by atoms with Gasteiger partial charge in [0, 0.05) is 28.7 Å². The Hall–Kier alpha value is -1.76. The highest BCUT2D eigenvalue weighted by atomic mass is 79.9. The lowest BCUT2D eigenvalue weighted by molar-refractivity contribution is -0.143. The monoisotopic (exact) mass is 556 g/mol. The fraction of sp³-hybridized carbons (Fsp3) is 0.440. The second kappa shape index (κ2) is 13.2. The lowest BCUT2D eigenvalue weighted by atomic mass is 10.0. The quantitative estimate of drug-likeness (QED) is 0.339. The van der Waals surface area contributed by atoms with Crippen LogP contribution in [0.3, 0.4) is 0 Å². The van der Waals surface area contributed by atoms with Crippen LogP contribution < -0.4 is 10.1 Å². The predicted molar refractivity (Wildman–Crippen MR) is 138 cm³/mol. The molecule has 0 aromatic heterocycles. The zero-order valence-electron chi connectivity index (χ0n) is 19.5. The highest BCUT2D eigenvalue weighted by Crippen LogP contribution is 2.30. The average molecular weight is 558 g/mol. The maximum Gasteiger partial charge on any atom is 0.261 e. The molecule has 2 aromatic rings. The van der Waals surface area contributed by atoms with Gasteiger partial charge in [-0.3, -0.25) is 9.59 Å². The second-order valence-electron chi connectivity index (χ2n) is 8.07. The van der Waals surface area contributed by atoms with E-state index in [0.717, 1.165) is 16.5 Å². The maximum absolute atomic E-state index is 13.3. The Kier molecular flexibility index (Phi) is 11.0. The highest BCUT2D eigenvalue weighted by molar-refractivity contribution is 9.10. The van der Waals surface area contributed by atoms with Crippen LogP contribution >= 0.6 is 39.1 Å². The molecule has 180 valence electrons. The zero-order chi connectivity index (χ0) is 24.5. The van der Waals surface area contributed by atoms with E-state index in [2.05, 4.69) is 35.1 Å². The molecule has 33 heavy (non-hydrogen) atoms. The summed E-state index contributed by atoms with van der Waals surface area (Å²) in [6, 6.07) is 10.3. The third-order valence-corrected chi connectivity index (χ3v) is 6.63. The van der Waals surface area contributed by atoms with E-state index >= 15 is 0 Å². The number of halogens is 3. The largest absolute Gasteiger partial charge is 0.483 e. The molecular formula is C25H31BrCl2N2O3. The van der Waals surface area contributed by atoms with Gasteiger partial charge >= 0.3 is 0 Å². The SMILES string of the molecule is CCCNC(=O)[C@@H](CC)N(Cc1c(Cl)cccc1Cl)C(=O)COc1ccc(C(C)C)cc1Br. The second-order valence-corrected chi connectivity index (χ2v) is 9.74. The topological polar surface area (TPSA) is 58.6 Å². The van der Waals surface area contributed by atoms with Crippen LogP contribution in [0.2, 0.25) is 10.0 Å².